The fourth-order valence-corrected chi connectivity index (χ4v) is 3.58. The lowest BCUT2D eigenvalue weighted by Crippen LogP contribution is -2.07. The van der Waals surface area contributed by atoms with Crippen LogP contribution in [-0.2, 0) is 0 Å². The number of benzene rings is 2. The van der Waals surface area contributed by atoms with Crippen molar-refractivity contribution in [3.8, 4) is 17.0 Å². The number of hydrogen-bond acceptors (Lipinski definition) is 3. The van der Waals surface area contributed by atoms with Gasteiger partial charge in [0.05, 0.1) is 5.69 Å². The second-order valence-corrected chi connectivity index (χ2v) is 6.63. The van der Waals surface area contributed by atoms with Crippen LogP contribution in [0.25, 0.3) is 27.9 Å². The van der Waals surface area contributed by atoms with E-state index in [0.717, 1.165) is 46.4 Å². The van der Waals surface area contributed by atoms with E-state index >= 15 is 0 Å². The maximum Gasteiger partial charge on any atom is 0.186 e. The summed E-state index contributed by atoms with van der Waals surface area (Å²) in [6, 6.07) is 13.6. The third-order valence-electron chi connectivity index (χ3n) is 4.59. The van der Waals surface area contributed by atoms with Gasteiger partial charge in [-0.25, -0.2) is 0 Å². The van der Waals surface area contributed by atoms with Crippen molar-refractivity contribution in [3.63, 3.8) is 0 Å². The van der Waals surface area contributed by atoms with E-state index in [1.807, 2.05) is 42.5 Å². The molecule has 0 bridgehead atoms. The van der Waals surface area contributed by atoms with Crippen molar-refractivity contribution in [1.82, 2.24) is 10.3 Å². The second kappa shape index (κ2) is 6.47. The van der Waals surface area contributed by atoms with Crippen LogP contribution in [0.1, 0.15) is 18.9 Å². The normalized spacial score (nSPS) is 14.2. The van der Waals surface area contributed by atoms with Crippen molar-refractivity contribution in [3.05, 3.63) is 58.6 Å². The molecule has 128 valence electrons. The summed E-state index contributed by atoms with van der Waals surface area (Å²) in [6.07, 6.45) is 1.04. The molecule has 0 aliphatic carbocycles. The lowest BCUT2D eigenvalue weighted by molar-refractivity contribution is 0.0986. The number of H-pyrrole nitrogens is 1. The SMILES string of the molecule is CC1=C(c2c(-c3cccc(OCO)c3)[nH]c3ccc(Cl)cc23)NCC1. The summed E-state index contributed by atoms with van der Waals surface area (Å²) in [5, 5.41) is 14.4. The Kier molecular flexibility index (Phi) is 4.15. The van der Waals surface area contributed by atoms with Crippen LogP contribution >= 0.6 is 11.6 Å². The summed E-state index contributed by atoms with van der Waals surface area (Å²) in [6.45, 7) is 2.76. The first-order valence-corrected chi connectivity index (χ1v) is 8.64. The zero-order valence-electron chi connectivity index (χ0n) is 13.9. The van der Waals surface area contributed by atoms with Crippen LogP contribution < -0.4 is 10.1 Å². The molecular weight excluding hydrogens is 336 g/mol. The Morgan fingerprint density at radius 2 is 2.08 bits per heavy atom. The first-order valence-electron chi connectivity index (χ1n) is 8.26. The van der Waals surface area contributed by atoms with Gasteiger partial charge in [0.2, 0.25) is 0 Å². The topological polar surface area (TPSA) is 57.3 Å². The number of aliphatic hydroxyl groups is 1. The van der Waals surface area contributed by atoms with Crippen molar-refractivity contribution < 1.29 is 9.84 Å². The smallest absolute Gasteiger partial charge is 0.186 e. The second-order valence-electron chi connectivity index (χ2n) is 6.20. The summed E-state index contributed by atoms with van der Waals surface area (Å²) < 4.78 is 5.24. The van der Waals surface area contributed by atoms with Gasteiger partial charge >= 0.3 is 0 Å². The van der Waals surface area contributed by atoms with Crippen LogP contribution in [0.2, 0.25) is 5.02 Å². The molecule has 0 amide bonds. The van der Waals surface area contributed by atoms with E-state index in [1.165, 1.54) is 5.57 Å². The van der Waals surface area contributed by atoms with Crippen molar-refractivity contribution in [1.29, 1.82) is 0 Å². The van der Waals surface area contributed by atoms with Crippen molar-refractivity contribution in [2.24, 2.45) is 0 Å². The Labute approximate surface area is 151 Å². The van der Waals surface area contributed by atoms with Crippen LogP contribution in [0.15, 0.2) is 48.0 Å². The van der Waals surface area contributed by atoms with E-state index < -0.39 is 0 Å². The molecule has 25 heavy (non-hydrogen) atoms. The summed E-state index contributed by atoms with van der Waals surface area (Å²) in [4.78, 5) is 3.52. The van der Waals surface area contributed by atoms with Crippen LogP contribution in [0.4, 0.5) is 0 Å². The van der Waals surface area contributed by atoms with Gasteiger partial charge in [-0.15, -0.1) is 0 Å². The molecule has 1 aliphatic heterocycles. The highest BCUT2D eigenvalue weighted by Gasteiger charge is 2.21. The first-order chi connectivity index (χ1) is 12.2. The number of rotatable bonds is 4. The number of ether oxygens (including phenoxy) is 1. The fourth-order valence-electron chi connectivity index (χ4n) is 3.41. The summed E-state index contributed by atoms with van der Waals surface area (Å²) in [5.41, 5.74) is 6.69. The number of hydrogen-bond donors (Lipinski definition) is 3. The Hall–Kier alpha value is -2.43. The fraction of sp³-hybridized carbons (Fsp3) is 0.200. The molecule has 5 heteroatoms. The highest BCUT2D eigenvalue weighted by atomic mass is 35.5. The Bertz CT molecular complexity index is 975. The molecule has 0 unspecified atom stereocenters. The Balaban J connectivity index is 1.97. The van der Waals surface area contributed by atoms with Crippen LogP contribution in [0.5, 0.6) is 5.75 Å². The predicted molar refractivity (Wildman–Crippen MR) is 102 cm³/mol. The summed E-state index contributed by atoms with van der Waals surface area (Å²) in [5.74, 6) is 0.632. The minimum Gasteiger partial charge on any atom is -0.468 e. The Morgan fingerprint density at radius 1 is 1.20 bits per heavy atom. The Morgan fingerprint density at radius 3 is 2.84 bits per heavy atom. The van der Waals surface area contributed by atoms with Gasteiger partial charge in [-0.2, -0.15) is 0 Å². The molecular formula is C20H19ClN2O2. The molecule has 4 nitrogen and oxygen atoms in total. The highest BCUT2D eigenvalue weighted by Crippen LogP contribution is 2.39. The average molecular weight is 355 g/mol. The van der Waals surface area contributed by atoms with Crippen LogP contribution in [0.3, 0.4) is 0 Å². The van der Waals surface area contributed by atoms with Gasteiger partial charge in [0.25, 0.3) is 0 Å². The van der Waals surface area contributed by atoms with Gasteiger partial charge in [-0.1, -0.05) is 23.7 Å². The van der Waals surface area contributed by atoms with E-state index in [2.05, 4.69) is 17.2 Å². The molecule has 3 N–H and O–H groups in total. The average Bonchev–Trinajstić information content (AvgIpc) is 3.18. The molecule has 2 aromatic carbocycles. The van der Waals surface area contributed by atoms with Crippen molar-refractivity contribution in [2.45, 2.75) is 13.3 Å². The van der Waals surface area contributed by atoms with Crippen molar-refractivity contribution in [2.75, 3.05) is 13.3 Å². The van der Waals surface area contributed by atoms with E-state index in [-0.39, 0.29) is 6.79 Å². The van der Waals surface area contributed by atoms with Gasteiger partial charge in [-0.3, -0.25) is 0 Å². The van der Waals surface area contributed by atoms with E-state index in [0.29, 0.717) is 10.8 Å². The zero-order chi connectivity index (χ0) is 17.4. The lowest BCUT2D eigenvalue weighted by atomic mass is 10.0. The standard InChI is InChI=1S/C20H19ClN2O2/c1-12-7-8-22-19(12)18-16-10-14(21)5-6-17(16)23-20(18)13-3-2-4-15(9-13)25-11-24/h2-6,9-10,22-24H,7-8,11H2,1H3. The maximum absolute atomic E-state index is 9.03. The van der Waals surface area contributed by atoms with Gasteiger partial charge in [0, 0.05) is 39.3 Å². The number of aromatic amines is 1. The largest absolute Gasteiger partial charge is 0.468 e. The van der Waals surface area contributed by atoms with Crippen LogP contribution in [0, 0.1) is 0 Å². The van der Waals surface area contributed by atoms with Gasteiger partial charge < -0.3 is 20.1 Å². The number of nitrogens with one attached hydrogen (secondary N) is 2. The maximum atomic E-state index is 9.03. The number of aliphatic hydroxyl groups excluding tert-OH is 1. The van der Waals surface area contributed by atoms with E-state index in [4.69, 9.17) is 21.4 Å². The summed E-state index contributed by atoms with van der Waals surface area (Å²) in [7, 11) is 0. The van der Waals surface area contributed by atoms with Gasteiger partial charge in [-0.05, 0) is 49.2 Å². The number of aromatic nitrogens is 1. The molecule has 0 saturated carbocycles. The number of halogens is 1. The molecule has 1 aliphatic rings. The molecule has 3 aromatic rings. The third kappa shape index (κ3) is 2.88. The molecule has 0 saturated heterocycles. The number of fused-ring (bicyclic) bond motifs is 1. The minimum absolute atomic E-state index is 0.343. The van der Waals surface area contributed by atoms with Gasteiger partial charge in [0.1, 0.15) is 5.75 Å². The third-order valence-corrected chi connectivity index (χ3v) is 4.83. The van der Waals surface area contributed by atoms with Crippen molar-refractivity contribution >= 4 is 28.2 Å². The molecule has 4 rings (SSSR count). The van der Waals surface area contributed by atoms with E-state index in [9.17, 15) is 0 Å². The zero-order valence-corrected chi connectivity index (χ0v) is 14.7. The predicted octanol–water partition coefficient (Wildman–Crippen LogP) is 4.54. The monoisotopic (exact) mass is 354 g/mol. The summed E-state index contributed by atoms with van der Waals surface area (Å²) >= 11 is 6.26. The van der Waals surface area contributed by atoms with Gasteiger partial charge in [0.15, 0.2) is 6.79 Å². The van der Waals surface area contributed by atoms with Crippen LogP contribution in [-0.4, -0.2) is 23.4 Å². The molecule has 0 atom stereocenters. The lowest BCUT2D eigenvalue weighted by Gasteiger charge is -2.10. The molecule has 0 radical (unpaired) electrons. The van der Waals surface area contributed by atoms with E-state index in [1.54, 1.807) is 0 Å². The minimum atomic E-state index is -0.343. The quantitative estimate of drug-likeness (QED) is 0.603. The molecule has 0 spiro atoms. The molecule has 0 fully saturated rings. The molecule has 1 aromatic heterocycles. The highest BCUT2D eigenvalue weighted by molar-refractivity contribution is 6.31. The first kappa shape index (κ1) is 16.1. The molecule has 2 heterocycles.